The minimum absolute atomic E-state index is 0.386. The van der Waals surface area contributed by atoms with Crippen LogP contribution in [0.4, 0.5) is 0 Å². The van der Waals surface area contributed by atoms with Gasteiger partial charge in [-0.2, -0.15) is 0 Å². The van der Waals surface area contributed by atoms with Gasteiger partial charge in [0.05, 0.1) is 0 Å². The maximum Gasteiger partial charge on any atom is 0.0435 e. The van der Waals surface area contributed by atoms with Crippen LogP contribution in [0.5, 0.6) is 0 Å². The molecule has 2 aromatic rings. The lowest BCUT2D eigenvalue weighted by Gasteiger charge is -2.12. The topological polar surface area (TPSA) is 0 Å². The minimum Gasteiger partial charge on any atom is -0.0835 e. The second-order valence-corrected chi connectivity index (χ2v) is 6.99. The van der Waals surface area contributed by atoms with Crippen LogP contribution in [-0.2, 0) is 6.42 Å². The normalized spacial score (nSPS) is 12.4. The first-order valence-electron chi connectivity index (χ1n) is 6.02. The zero-order valence-corrected chi connectivity index (χ0v) is 14.3. The minimum atomic E-state index is 0.386. The van der Waals surface area contributed by atoms with Crippen molar-refractivity contribution in [1.29, 1.82) is 0 Å². The maximum absolute atomic E-state index is 3.79. The van der Waals surface area contributed by atoms with Crippen molar-refractivity contribution in [1.82, 2.24) is 0 Å². The third kappa shape index (κ3) is 3.58. The summed E-state index contributed by atoms with van der Waals surface area (Å²) in [6.07, 6.45) is 1.03. The smallest absolute Gasteiger partial charge is 0.0435 e. The Morgan fingerprint density at radius 1 is 1.00 bits per heavy atom. The Kier molecular flexibility index (Phi) is 4.84. The number of aryl methyl sites for hydroxylation is 2. The molecular weight excluding hydrogens is 399 g/mol. The Labute approximate surface area is 131 Å². The fourth-order valence-corrected chi connectivity index (χ4v) is 2.97. The zero-order chi connectivity index (χ0) is 13.1. The molecule has 0 spiro atoms. The van der Waals surface area contributed by atoms with Crippen molar-refractivity contribution >= 4 is 38.5 Å². The largest absolute Gasteiger partial charge is 0.0835 e. The van der Waals surface area contributed by atoms with Crippen LogP contribution in [-0.4, -0.2) is 0 Å². The van der Waals surface area contributed by atoms with Crippen molar-refractivity contribution in [2.45, 2.75) is 25.1 Å². The highest BCUT2D eigenvalue weighted by Crippen LogP contribution is 2.28. The second kappa shape index (κ2) is 6.20. The highest BCUT2D eigenvalue weighted by atomic mass is 127. The van der Waals surface area contributed by atoms with Crippen LogP contribution in [0, 0.1) is 17.4 Å². The lowest BCUT2D eigenvalue weighted by molar-refractivity contribution is 0.945. The van der Waals surface area contributed by atoms with Gasteiger partial charge in [-0.15, -0.1) is 0 Å². The van der Waals surface area contributed by atoms with Crippen LogP contribution in [0.3, 0.4) is 0 Å². The molecule has 94 valence electrons. The van der Waals surface area contributed by atoms with Crippen LogP contribution >= 0.6 is 38.5 Å². The average Bonchev–Trinajstić information content (AvgIpc) is 2.34. The van der Waals surface area contributed by atoms with Gasteiger partial charge in [0.25, 0.3) is 0 Å². The molecule has 2 rings (SSSR count). The molecule has 0 aromatic heterocycles. The van der Waals surface area contributed by atoms with Gasteiger partial charge in [0.15, 0.2) is 0 Å². The van der Waals surface area contributed by atoms with Gasteiger partial charge < -0.3 is 0 Å². The second-order valence-electron chi connectivity index (χ2n) is 4.64. The third-order valence-electron chi connectivity index (χ3n) is 3.22. The number of hydrogen-bond acceptors (Lipinski definition) is 0. The van der Waals surface area contributed by atoms with Gasteiger partial charge in [-0.05, 0) is 77.2 Å². The molecule has 0 amide bonds. The van der Waals surface area contributed by atoms with Crippen molar-refractivity contribution in [2.24, 2.45) is 0 Å². The van der Waals surface area contributed by atoms with Crippen molar-refractivity contribution < 1.29 is 0 Å². The Balaban J connectivity index is 2.13. The van der Waals surface area contributed by atoms with Crippen LogP contribution in [0.1, 0.15) is 27.1 Å². The Bertz CT molecular complexity index is 531. The molecule has 1 atom stereocenters. The van der Waals surface area contributed by atoms with E-state index in [2.05, 4.69) is 94.8 Å². The van der Waals surface area contributed by atoms with Gasteiger partial charge in [0, 0.05) is 8.40 Å². The number of rotatable bonds is 3. The van der Waals surface area contributed by atoms with Gasteiger partial charge in [-0.25, -0.2) is 0 Å². The summed E-state index contributed by atoms with van der Waals surface area (Å²) in [6.45, 7) is 4.33. The molecule has 0 aliphatic carbocycles. The molecule has 2 aromatic carbocycles. The Morgan fingerprint density at radius 3 is 2.28 bits per heavy atom. The zero-order valence-electron chi connectivity index (χ0n) is 10.6. The van der Waals surface area contributed by atoms with Crippen molar-refractivity contribution in [3.05, 3.63) is 68.3 Å². The Morgan fingerprint density at radius 2 is 1.67 bits per heavy atom. The number of benzene rings is 2. The summed E-state index contributed by atoms with van der Waals surface area (Å²) in [5.41, 5.74) is 5.46. The van der Waals surface area contributed by atoms with E-state index in [0.717, 1.165) is 6.42 Å². The number of alkyl halides is 1. The highest BCUT2D eigenvalue weighted by molar-refractivity contribution is 14.1. The van der Waals surface area contributed by atoms with E-state index in [1.807, 2.05) is 0 Å². The molecule has 0 aliphatic rings. The van der Waals surface area contributed by atoms with Crippen molar-refractivity contribution in [2.75, 3.05) is 0 Å². The molecule has 0 N–H and O–H groups in total. The quantitative estimate of drug-likeness (QED) is 0.453. The van der Waals surface area contributed by atoms with Crippen LogP contribution in [0.25, 0.3) is 0 Å². The summed E-state index contributed by atoms with van der Waals surface area (Å²) in [5.74, 6) is 0. The van der Waals surface area contributed by atoms with Gasteiger partial charge in [-0.1, -0.05) is 46.3 Å². The molecule has 0 nitrogen and oxygen atoms in total. The van der Waals surface area contributed by atoms with Gasteiger partial charge in [-0.3, -0.25) is 0 Å². The summed E-state index contributed by atoms with van der Waals surface area (Å²) in [5, 5.41) is 0. The first-order chi connectivity index (χ1) is 8.56. The molecule has 0 saturated heterocycles. The molecule has 2 heteroatoms. The van der Waals surface area contributed by atoms with Crippen LogP contribution in [0.15, 0.2) is 42.5 Å². The molecule has 18 heavy (non-hydrogen) atoms. The average molecular weight is 415 g/mol. The van der Waals surface area contributed by atoms with Crippen molar-refractivity contribution in [3.8, 4) is 0 Å². The van der Waals surface area contributed by atoms with E-state index in [-0.39, 0.29) is 0 Å². The van der Waals surface area contributed by atoms with E-state index < -0.39 is 0 Å². The molecule has 0 saturated carbocycles. The number of halogens is 2. The molecule has 1 unspecified atom stereocenters. The molecule has 0 radical (unpaired) electrons. The van der Waals surface area contributed by atoms with Gasteiger partial charge >= 0.3 is 0 Å². The summed E-state index contributed by atoms with van der Waals surface area (Å²) in [4.78, 5) is 0.386. The van der Waals surface area contributed by atoms with Gasteiger partial charge in [0.1, 0.15) is 0 Å². The van der Waals surface area contributed by atoms with E-state index >= 15 is 0 Å². The highest BCUT2D eigenvalue weighted by Gasteiger charge is 2.08. The Hall–Kier alpha value is -0.350. The monoisotopic (exact) mass is 414 g/mol. The van der Waals surface area contributed by atoms with E-state index in [4.69, 9.17) is 0 Å². The number of hydrogen-bond donors (Lipinski definition) is 0. The summed E-state index contributed by atoms with van der Waals surface area (Å²) in [6, 6.07) is 15.4. The van der Waals surface area contributed by atoms with Crippen molar-refractivity contribution in [3.63, 3.8) is 0 Å². The summed E-state index contributed by atoms with van der Waals surface area (Å²) in [7, 11) is 0. The summed E-state index contributed by atoms with van der Waals surface area (Å²) >= 11 is 6.12. The third-order valence-corrected chi connectivity index (χ3v) is 4.79. The summed E-state index contributed by atoms with van der Waals surface area (Å²) < 4.78 is 1.28. The predicted octanol–water partition coefficient (Wildman–Crippen LogP) is 5.59. The SMILES string of the molecule is Cc1ccc(CC(Br)c2ccc(I)cc2)cc1C. The molecule has 0 bridgehead atoms. The fourth-order valence-electron chi connectivity index (χ4n) is 1.93. The maximum atomic E-state index is 3.79. The van der Waals surface area contributed by atoms with E-state index in [1.54, 1.807) is 0 Å². The molecule has 0 heterocycles. The van der Waals surface area contributed by atoms with Gasteiger partial charge in [0.2, 0.25) is 0 Å². The van der Waals surface area contributed by atoms with E-state index in [0.29, 0.717) is 4.83 Å². The van der Waals surface area contributed by atoms with E-state index in [9.17, 15) is 0 Å². The molecular formula is C16H16BrI. The fraction of sp³-hybridized carbons (Fsp3) is 0.250. The lowest BCUT2D eigenvalue weighted by atomic mass is 10.0. The standard InChI is InChI=1S/C16H16BrI/c1-11-3-4-13(9-12(11)2)10-16(17)14-5-7-15(18)8-6-14/h3-9,16H,10H2,1-2H3. The lowest BCUT2D eigenvalue weighted by Crippen LogP contribution is -1.96. The molecule has 0 aliphatic heterocycles. The first kappa shape index (κ1) is 14.1. The predicted molar refractivity (Wildman–Crippen MR) is 90.4 cm³/mol. The van der Waals surface area contributed by atoms with Crippen LogP contribution in [0.2, 0.25) is 0 Å². The van der Waals surface area contributed by atoms with Crippen LogP contribution < -0.4 is 0 Å². The molecule has 0 fully saturated rings. The first-order valence-corrected chi connectivity index (χ1v) is 8.01. The van der Waals surface area contributed by atoms with E-state index in [1.165, 1.54) is 25.8 Å².